The molecular weight excluding hydrogens is 304 g/mol. The minimum absolute atomic E-state index is 0.858. The van der Waals surface area contributed by atoms with Gasteiger partial charge in [0.1, 0.15) is 0 Å². The van der Waals surface area contributed by atoms with E-state index in [-0.39, 0.29) is 0 Å². The normalized spacial score (nSPS) is 11.0. The lowest BCUT2D eigenvalue weighted by molar-refractivity contribution is 0.716. The predicted octanol–water partition coefficient (Wildman–Crippen LogP) is 3.06. The molecule has 0 saturated heterocycles. The van der Waals surface area contributed by atoms with Crippen LogP contribution in [0.15, 0.2) is 16.6 Å². The molecule has 2 heterocycles. The number of nitrogens with one attached hydrogen (secondary N) is 1. The highest BCUT2D eigenvalue weighted by atomic mass is 79.9. The van der Waals surface area contributed by atoms with Crippen LogP contribution >= 0.6 is 15.9 Å². The quantitative estimate of drug-likeness (QED) is 0.940. The molecule has 2 aromatic heterocycles. The van der Waals surface area contributed by atoms with E-state index in [1.54, 1.807) is 0 Å². The van der Waals surface area contributed by atoms with Gasteiger partial charge in [0.2, 0.25) is 0 Å². The average Bonchev–Trinajstić information content (AvgIpc) is 2.65. The van der Waals surface area contributed by atoms with Crippen LogP contribution in [0.5, 0.6) is 0 Å². The summed E-state index contributed by atoms with van der Waals surface area (Å²) >= 11 is 3.54. The highest BCUT2D eigenvalue weighted by molar-refractivity contribution is 9.10. The minimum Gasteiger partial charge on any atom is -0.313 e. The van der Waals surface area contributed by atoms with Crippen molar-refractivity contribution in [3.8, 4) is 5.82 Å². The summed E-state index contributed by atoms with van der Waals surface area (Å²) in [6.45, 7) is 9.98. The van der Waals surface area contributed by atoms with E-state index in [9.17, 15) is 0 Å². The molecule has 102 valence electrons. The molecule has 1 N–H and O–H groups in total. The second kappa shape index (κ2) is 5.84. The minimum atomic E-state index is 0.858. The predicted molar refractivity (Wildman–Crippen MR) is 80.7 cm³/mol. The highest BCUT2D eigenvalue weighted by Crippen LogP contribution is 2.22. The summed E-state index contributed by atoms with van der Waals surface area (Å²) in [7, 11) is 0. The molecule has 0 amide bonds. The van der Waals surface area contributed by atoms with Crippen molar-refractivity contribution < 1.29 is 0 Å². The molecule has 5 heteroatoms. The monoisotopic (exact) mass is 322 g/mol. The van der Waals surface area contributed by atoms with Gasteiger partial charge in [-0.05, 0) is 54.9 Å². The maximum atomic E-state index is 4.65. The molecule has 2 aromatic rings. The Kier molecular flexibility index (Phi) is 4.37. The Bertz CT molecular complexity index is 589. The smallest absolute Gasteiger partial charge is 0.153 e. The van der Waals surface area contributed by atoms with Gasteiger partial charge in [-0.2, -0.15) is 5.10 Å². The second-order valence-electron chi connectivity index (χ2n) is 4.59. The largest absolute Gasteiger partial charge is 0.313 e. The number of pyridine rings is 1. The third-order valence-corrected chi connectivity index (χ3v) is 4.31. The van der Waals surface area contributed by atoms with Crippen molar-refractivity contribution in [3.05, 3.63) is 39.3 Å². The number of rotatable bonds is 4. The lowest BCUT2D eigenvalue weighted by atomic mass is 10.2. The van der Waals surface area contributed by atoms with E-state index in [1.165, 1.54) is 5.56 Å². The first kappa shape index (κ1) is 14.2. The van der Waals surface area contributed by atoms with Crippen LogP contribution in [-0.4, -0.2) is 21.3 Å². The highest BCUT2D eigenvalue weighted by Gasteiger charge is 2.12. The number of nitrogens with zero attached hydrogens (tertiary/aromatic N) is 3. The van der Waals surface area contributed by atoms with Gasteiger partial charge in [-0.3, -0.25) is 0 Å². The van der Waals surface area contributed by atoms with E-state index in [2.05, 4.69) is 44.3 Å². The molecule has 2 rings (SSSR count). The van der Waals surface area contributed by atoms with Crippen molar-refractivity contribution in [1.82, 2.24) is 20.1 Å². The van der Waals surface area contributed by atoms with Gasteiger partial charge >= 0.3 is 0 Å². The van der Waals surface area contributed by atoms with Gasteiger partial charge in [-0.15, -0.1) is 0 Å². The number of halogens is 1. The second-order valence-corrected chi connectivity index (χ2v) is 5.38. The van der Waals surface area contributed by atoms with Crippen LogP contribution < -0.4 is 5.32 Å². The summed E-state index contributed by atoms with van der Waals surface area (Å²) in [6.07, 6.45) is 0. The summed E-state index contributed by atoms with van der Waals surface area (Å²) in [6, 6.07) is 4.14. The van der Waals surface area contributed by atoms with E-state index in [0.29, 0.717) is 0 Å². The molecule has 4 nitrogen and oxygen atoms in total. The van der Waals surface area contributed by atoms with Crippen molar-refractivity contribution >= 4 is 15.9 Å². The van der Waals surface area contributed by atoms with Crippen LogP contribution in [0, 0.1) is 20.8 Å². The Morgan fingerprint density at radius 1 is 1.21 bits per heavy atom. The Labute approximate surface area is 122 Å². The van der Waals surface area contributed by atoms with E-state index in [4.69, 9.17) is 0 Å². The zero-order valence-electron chi connectivity index (χ0n) is 11.8. The molecule has 19 heavy (non-hydrogen) atoms. The third-order valence-electron chi connectivity index (χ3n) is 3.17. The van der Waals surface area contributed by atoms with Gasteiger partial charge in [0.15, 0.2) is 5.82 Å². The third kappa shape index (κ3) is 2.87. The molecule has 0 aliphatic carbocycles. The summed E-state index contributed by atoms with van der Waals surface area (Å²) in [5.41, 5.74) is 4.32. The molecule has 0 radical (unpaired) electrons. The SMILES string of the molecule is CCNCc1ccc(-n2nc(C)c(Br)c2C)nc1C. The summed E-state index contributed by atoms with van der Waals surface area (Å²) in [4.78, 5) is 4.65. The Morgan fingerprint density at radius 2 is 1.95 bits per heavy atom. The molecule has 0 aromatic carbocycles. The fraction of sp³-hybridized carbons (Fsp3) is 0.429. The fourth-order valence-corrected chi connectivity index (χ4v) is 2.24. The van der Waals surface area contributed by atoms with Crippen molar-refractivity contribution in [2.75, 3.05) is 6.54 Å². The van der Waals surface area contributed by atoms with Crippen LogP contribution in [0.3, 0.4) is 0 Å². The van der Waals surface area contributed by atoms with Gasteiger partial charge in [0, 0.05) is 12.2 Å². The molecule has 0 saturated carbocycles. The molecule has 0 aliphatic rings. The summed E-state index contributed by atoms with van der Waals surface area (Å²) in [5, 5.41) is 7.82. The Morgan fingerprint density at radius 3 is 2.47 bits per heavy atom. The van der Waals surface area contributed by atoms with Gasteiger partial charge < -0.3 is 5.32 Å². The maximum absolute atomic E-state index is 4.65. The maximum Gasteiger partial charge on any atom is 0.153 e. The zero-order chi connectivity index (χ0) is 14.0. The summed E-state index contributed by atoms with van der Waals surface area (Å²) in [5.74, 6) is 0.865. The first-order valence-electron chi connectivity index (χ1n) is 6.44. The van der Waals surface area contributed by atoms with Gasteiger partial charge in [-0.1, -0.05) is 13.0 Å². The lowest BCUT2D eigenvalue weighted by Crippen LogP contribution is -2.14. The number of aryl methyl sites for hydroxylation is 2. The van der Waals surface area contributed by atoms with Crippen LogP contribution in [0.1, 0.15) is 29.6 Å². The first-order chi connectivity index (χ1) is 9.04. The van der Waals surface area contributed by atoms with Gasteiger partial charge in [-0.25, -0.2) is 9.67 Å². The molecule has 0 spiro atoms. The number of hydrogen-bond acceptors (Lipinski definition) is 3. The molecule has 0 aliphatic heterocycles. The van der Waals surface area contributed by atoms with E-state index >= 15 is 0 Å². The average molecular weight is 323 g/mol. The van der Waals surface area contributed by atoms with Crippen LogP contribution in [0.4, 0.5) is 0 Å². The van der Waals surface area contributed by atoms with E-state index in [0.717, 1.165) is 40.5 Å². The topological polar surface area (TPSA) is 42.7 Å². The van der Waals surface area contributed by atoms with Crippen molar-refractivity contribution in [3.63, 3.8) is 0 Å². The number of hydrogen-bond donors (Lipinski definition) is 1. The van der Waals surface area contributed by atoms with Crippen molar-refractivity contribution in [2.45, 2.75) is 34.2 Å². The van der Waals surface area contributed by atoms with Gasteiger partial charge in [0.05, 0.1) is 15.9 Å². The zero-order valence-corrected chi connectivity index (χ0v) is 13.4. The van der Waals surface area contributed by atoms with Crippen LogP contribution in [0.2, 0.25) is 0 Å². The molecule has 0 unspecified atom stereocenters. The van der Waals surface area contributed by atoms with Crippen molar-refractivity contribution in [2.24, 2.45) is 0 Å². The molecule has 0 fully saturated rings. The van der Waals surface area contributed by atoms with Crippen LogP contribution in [-0.2, 0) is 6.54 Å². The molecule has 0 atom stereocenters. The first-order valence-corrected chi connectivity index (χ1v) is 7.23. The summed E-state index contributed by atoms with van der Waals surface area (Å²) < 4.78 is 2.92. The van der Waals surface area contributed by atoms with Crippen molar-refractivity contribution in [1.29, 1.82) is 0 Å². The van der Waals surface area contributed by atoms with E-state index in [1.807, 2.05) is 31.5 Å². The Balaban J connectivity index is 2.36. The van der Waals surface area contributed by atoms with Gasteiger partial charge in [0.25, 0.3) is 0 Å². The molecular formula is C14H19BrN4. The fourth-order valence-electron chi connectivity index (χ4n) is 1.99. The van der Waals surface area contributed by atoms with Crippen LogP contribution in [0.25, 0.3) is 5.82 Å². The lowest BCUT2D eigenvalue weighted by Gasteiger charge is -2.09. The molecule has 0 bridgehead atoms. The standard InChI is InChI=1S/C14H19BrN4/c1-5-16-8-12-6-7-13(17-9(12)2)19-11(4)14(15)10(3)18-19/h6-7,16H,5,8H2,1-4H3. The number of aromatic nitrogens is 3. The Hall–Kier alpha value is -1.20. The van der Waals surface area contributed by atoms with E-state index < -0.39 is 0 Å².